The Bertz CT molecular complexity index is 2800. The monoisotopic (exact) mass is 640 g/mol. The highest BCUT2D eigenvalue weighted by Gasteiger charge is 2.21. The van der Waals surface area contributed by atoms with Gasteiger partial charge in [0.05, 0.1) is 27.6 Å². The molecule has 6 aromatic carbocycles. The summed E-state index contributed by atoms with van der Waals surface area (Å²) in [4.78, 5) is 20.0. The summed E-state index contributed by atoms with van der Waals surface area (Å²) in [5.74, 6) is 1.84. The number of rotatable bonds is 5. The van der Waals surface area contributed by atoms with Gasteiger partial charge in [-0.05, 0) is 48.0 Å². The van der Waals surface area contributed by atoms with Gasteiger partial charge in [0.25, 0.3) is 0 Å². The molecule has 10 rings (SSSR count). The Kier molecular flexibility index (Phi) is 6.39. The first kappa shape index (κ1) is 28.1. The minimum Gasteiger partial charge on any atom is -0.307 e. The van der Waals surface area contributed by atoms with Crippen molar-refractivity contribution in [2.75, 3.05) is 0 Å². The molecule has 0 fully saturated rings. The molecule has 0 amide bonds. The summed E-state index contributed by atoms with van der Waals surface area (Å²) in [6, 6.07) is 56.6. The lowest BCUT2D eigenvalue weighted by atomic mass is 10.0. The Morgan fingerprint density at radius 2 is 0.960 bits per heavy atom. The van der Waals surface area contributed by atoms with Crippen LogP contribution in [-0.4, -0.2) is 29.1 Å². The molecular formula is C44H28N6. The molecule has 0 aliphatic heterocycles. The zero-order valence-electron chi connectivity index (χ0n) is 26.8. The van der Waals surface area contributed by atoms with E-state index in [4.69, 9.17) is 19.9 Å². The second-order valence-corrected chi connectivity index (χ2v) is 12.3. The van der Waals surface area contributed by atoms with Gasteiger partial charge in [0.15, 0.2) is 11.6 Å². The SMILES string of the molecule is c1ccc(-c2nc(-c3ccccc3)nc(-n3c4ccccc4c4cc(-c5ccnc6c7ccccc7n(-c7ccccc7)c56)ccc43)n2)cc1. The molecule has 4 aromatic heterocycles. The first-order valence-electron chi connectivity index (χ1n) is 16.7. The number of benzene rings is 6. The predicted molar refractivity (Wildman–Crippen MR) is 203 cm³/mol. The van der Waals surface area contributed by atoms with Crippen LogP contribution in [0.15, 0.2) is 170 Å². The van der Waals surface area contributed by atoms with Crippen molar-refractivity contribution in [2.45, 2.75) is 0 Å². The van der Waals surface area contributed by atoms with Crippen LogP contribution in [0.5, 0.6) is 0 Å². The fourth-order valence-corrected chi connectivity index (χ4v) is 7.20. The maximum Gasteiger partial charge on any atom is 0.238 e. The van der Waals surface area contributed by atoms with Crippen LogP contribution in [0.3, 0.4) is 0 Å². The van der Waals surface area contributed by atoms with Gasteiger partial charge in [0, 0.05) is 44.7 Å². The third kappa shape index (κ3) is 4.43. The quantitative estimate of drug-likeness (QED) is 0.188. The standard InChI is InChI=1S/C44H28N6/c1-4-14-29(15-5-1)42-46-43(30-16-6-2-7-17-30)48-44(47-42)50-37-22-12-10-20-34(37)36-28-31(24-25-39(36)50)33-26-27-45-40-35-21-11-13-23-38(35)49(41(33)40)32-18-8-3-9-19-32/h1-28H. The minimum atomic E-state index is 0.576. The van der Waals surface area contributed by atoms with Gasteiger partial charge in [0.2, 0.25) is 5.95 Å². The highest BCUT2D eigenvalue weighted by atomic mass is 15.2. The Balaban J connectivity index is 1.23. The molecule has 0 N–H and O–H groups in total. The fourth-order valence-electron chi connectivity index (χ4n) is 7.20. The summed E-state index contributed by atoms with van der Waals surface area (Å²) < 4.78 is 4.50. The average molecular weight is 641 g/mol. The molecule has 6 heteroatoms. The average Bonchev–Trinajstić information content (AvgIpc) is 3.71. The molecule has 0 unspecified atom stereocenters. The maximum atomic E-state index is 5.09. The molecule has 10 aromatic rings. The molecule has 0 spiro atoms. The van der Waals surface area contributed by atoms with Crippen molar-refractivity contribution in [1.82, 2.24) is 29.1 Å². The zero-order valence-corrected chi connectivity index (χ0v) is 26.8. The molecule has 0 atom stereocenters. The highest BCUT2D eigenvalue weighted by molar-refractivity contribution is 6.14. The van der Waals surface area contributed by atoms with Crippen LogP contribution < -0.4 is 0 Å². The fraction of sp³-hybridized carbons (Fsp3) is 0. The number of pyridine rings is 1. The van der Waals surface area contributed by atoms with Crippen molar-refractivity contribution in [3.05, 3.63) is 170 Å². The predicted octanol–water partition coefficient (Wildman–Crippen LogP) is 10.5. The van der Waals surface area contributed by atoms with Gasteiger partial charge in [-0.3, -0.25) is 9.55 Å². The summed E-state index contributed by atoms with van der Waals surface area (Å²) in [6.07, 6.45) is 1.92. The number of hydrogen-bond acceptors (Lipinski definition) is 4. The van der Waals surface area contributed by atoms with E-state index < -0.39 is 0 Å². The molecule has 4 heterocycles. The van der Waals surface area contributed by atoms with Crippen molar-refractivity contribution >= 4 is 43.7 Å². The highest BCUT2D eigenvalue weighted by Crippen LogP contribution is 2.40. The lowest BCUT2D eigenvalue weighted by molar-refractivity contribution is 0.953. The lowest BCUT2D eigenvalue weighted by Crippen LogP contribution is -2.06. The van der Waals surface area contributed by atoms with Crippen LogP contribution in [0.25, 0.3) is 89.3 Å². The summed E-state index contributed by atoms with van der Waals surface area (Å²) in [7, 11) is 0. The van der Waals surface area contributed by atoms with E-state index >= 15 is 0 Å². The van der Waals surface area contributed by atoms with Gasteiger partial charge in [-0.25, -0.2) is 4.98 Å². The van der Waals surface area contributed by atoms with Gasteiger partial charge in [0.1, 0.15) is 0 Å². The minimum absolute atomic E-state index is 0.576. The van der Waals surface area contributed by atoms with E-state index in [9.17, 15) is 0 Å². The molecule has 0 aliphatic rings. The summed E-state index contributed by atoms with van der Waals surface area (Å²) >= 11 is 0. The smallest absolute Gasteiger partial charge is 0.238 e. The molecule has 0 bridgehead atoms. The van der Waals surface area contributed by atoms with Gasteiger partial charge >= 0.3 is 0 Å². The third-order valence-corrected chi connectivity index (χ3v) is 9.43. The Labute approximate surface area is 287 Å². The van der Waals surface area contributed by atoms with Crippen LogP contribution in [-0.2, 0) is 0 Å². The first-order valence-corrected chi connectivity index (χ1v) is 16.7. The van der Waals surface area contributed by atoms with E-state index in [1.165, 1.54) is 0 Å². The van der Waals surface area contributed by atoms with Crippen molar-refractivity contribution in [1.29, 1.82) is 0 Å². The normalized spacial score (nSPS) is 11.6. The van der Waals surface area contributed by atoms with Crippen LogP contribution in [0.1, 0.15) is 0 Å². The number of nitrogens with zero attached hydrogens (tertiary/aromatic N) is 6. The second kappa shape index (κ2) is 11.4. The molecule has 50 heavy (non-hydrogen) atoms. The lowest BCUT2D eigenvalue weighted by Gasteiger charge is -2.12. The zero-order chi connectivity index (χ0) is 33.0. The van der Waals surface area contributed by atoms with Crippen molar-refractivity contribution in [3.8, 4) is 45.5 Å². The van der Waals surface area contributed by atoms with Gasteiger partial charge < -0.3 is 4.57 Å². The first-order chi connectivity index (χ1) is 24.8. The van der Waals surface area contributed by atoms with Crippen molar-refractivity contribution < 1.29 is 0 Å². The van der Waals surface area contributed by atoms with E-state index in [1.54, 1.807) is 0 Å². The van der Waals surface area contributed by atoms with Crippen LogP contribution >= 0.6 is 0 Å². The summed E-state index contributed by atoms with van der Waals surface area (Å²) in [6.45, 7) is 0. The van der Waals surface area contributed by atoms with E-state index in [0.29, 0.717) is 17.6 Å². The van der Waals surface area contributed by atoms with Crippen LogP contribution in [0.4, 0.5) is 0 Å². The third-order valence-electron chi connectivity index (χ3n) is 9.43. The second-order valence-electron chi connectivity index (χ2n) is 12.3. The summed E-state index contributed by atoms with van der Waals surface area (Å²) in [5.41, 5.74) is 10.4. The maximum absolute atomic E-state index is 5.09. The van der Waals surface area contributed by atoms with E-state index in [2.05, 4.69) is 112 Å². The van der Waals surface area contributed by atoms with Crippen molar-refractivity contribution in [3.63, 3.8) is 0 Å². The Hall–Kier alpha value is -6.92. The molecular weight excluding hydrogens is 613 g/mol. The van der Waals surface area contributed by atoms with Gasteiger partial charge in [-0.1, -0.05) is 121 Å². The largest absolute Gasteiger partial charge is 0.307 e. The van der Waals surface area contributed by atoms with Gasteiger partial charge in [-0.15, -0.1) is 0 Å². The molecule has 234 valence electrons. The van der Waals surface area contributed by atoms with E-state index in [0.717, 1.165) is 71.7 Å². The number of aromatic nitrogens is 6. The molecule has 0 saturated heterocycles. The van der Waals surface area contributed by atoms with Crippen LogP contribution in [0.2, 0.25) is 0 Å². The Morgan fingerprint density at radius 1 is 0.400 bits per heavy atom. The van der Waals surface area contributed by atoms with Gasteiger partial charge in [-0.2, -0.15) is 9.97 Å². The Morgan fingerprint density at radius 3 is 1.64 bits per heavy atom. The molecule has 0 radical (unpaired) electrons. The van der Waals surface area contributed by atoms with E-state index in [-0.39, 0.29) is 0 Å². The molecule has 0 aliphatic carbocycles. The number of para-hydroxylation sites is 3. The summed E-state index contributed by atoms with van der Waals surface area (Å²) in [5, 5.41) is 3.37. The van der Waals surface area contributed by atoms with E-state index in [1.807, 2.05) is 66.9 Å². The van der Waals surface area contributed by atoms with Crippen LogP contribution in [0, 0.1) is 0 Å². The molecule has 0 saturated carbocycles. The number of fused-ring (bicyclic) bond motifs is 6. The topological polar surface area (TPSA) is 61.4 Å². The molecule has 6 nitrogen and oxygen atoms in total. The number of hydrogen-bond donors (Lipinski definition) is 0. The van der Waals surface area contributed by atoms with Crippen molar-refractivity contribution in [2.24, 2.45) is 0 Å².